The smallest absolute Gasteiger partial charge is 0.414 e. The van der Waals surface area contributed by atoms with E-state index >= 15 is 0 Å². The average molecular weight is 224 g/mol. The number of hydrogen-bond donors (Lipinski definition) is 0. The number of rotatable bonds is 3. The molecule has 0 amide bonds. The Labute approximate surface area is 84.8 Å². The van der Waals surface area contributed by atoms with Gasteiger partial charge in [0.05, 0.1) is 0 Å². The fraction of sp³-hybridized carbons (Fsp3) is 0.667. The quantitative estimate of drug-likeness (QED) is 0.542. The van der Waals surface area contributed by atoms with Gasteiger partial charge in [-0.25, -0.2) is 4.79 Å². The van der Waals surface area contributed by atoms with E-state index in [1.54, 1.807) is 0 Å². The molecule has 0 spiro atoms. The highest BCUT2D eigenvalue weighted by Gasteiger charge is 2.55. The highest BCUT2D eigenvalue weighted by molar-refractivity contribution is 5.81. The Morgan fingerprint density at radius 3 is 2.67 bits per heavy atom. The van der Waals surface area contributed by atoms with E-state index in [4.69, 9.17) is 0 Å². The minimum Gasteiger partial charge on any atom is -0.459 e. The van der Waals surface area contributed by atoms with Crippen molar-refractivity contribution < 1.29 is 27.4 Å². The molecule has 0 bridgehead atoms. The number of esters is 1. The van der Waals surface area contributed by atoms with E-state index in [1.807, 2.05) is 0 Å². The van der Waals surface area contributed by atoms with Crippen LogP contribution in [0.15, 0.2) is 12.7 Å². The molecule has 0 aliphatic carbocycles. The number of halogens is 3. The van der Waals surface area contributed by atoms with Crippen LogP contribution in [-0.2, 0) is 14.3 Å². The molecule has 1 aliphatic rings. The third-order valence-corrected chi connectivity index (χ3v) is 2.10. The van der Waals surface area contributed by atoms with Gasteiger partial charge in [0.2, 0.25) is 0 Å². The number of ether oxygens (including phenoxy) is 2. The summed E-state index contributed by atoms with van der Waals surface area (Å²) >= 11 is 0. The van der Waals surface area contributed by atoms with E-state index in [0.29, 0.717) is 0 Å². The van der Waals surface area contributed by atoms with Gasteiger partial charge in [-0.2, -0.15) is 13.2 Å². The predicted octanol–water partition coefficient (Wildman–Crippen LogP) is 1.83. The van der Waals surface area contributed by atoms with Crippen LogP contribution in [0.2, 0.25) is 0 Å². The first kappa shape index (κ1) is 12.0. The number of hydrogen-bond acceptors (Lipinski definition) is 3. The molecule has 0 radical (unpaired) electrons. The Morgan fingerprint density at radius 1 is 1.73 bits per heavy atom. The van der Waals surface area contributed by atoms with Gasteiger partial charge in [-0.1, -0.05) is 6.58 Å². The van der Waals surface area contributed by atoms with Crippen molar-refractivity contribution in [3.05, 3.63) is 12.7 Å². The summed E-state index contributed by atoms with van der Waals surface area (Å²) in [5.74, 6) is -0.671. The van der Waals surface area contributed by atoms with Gasteiger partial charge >= 0.3 is 12.1 Å². The van der Waals surface area contributed by atoms with Crippen molar-refractivity contribution in [2.45, 2.75) is 31.2 Å². The van der Waals surface area contributed by atoms with Crippen LogP contribution >= 0.6 is 0 Å². The van der Waals surface area contributed by atoms with Gasteiger partial charge in [-0.3, -0.25) is 0 Å². The van der Waals surface area contributed by atoms with Gasteiger partial charge in [-0.05, 0) is 6.92 Å². The molecule has 6 heteroatoms. The van der Waals surface area contributed by atoms with Crippen molar-refractivity contribution in [2.75, 3.05) is 6.61 Å². The van der Waals surface area contributed by atoms with E-state index in [9.17, 15) is 18.0 Å². The van der Waals surface area contributed by atoms with Crippen LogP contribution in [-0.4, -0.2) is 30.5 Å². The van der Waals surface area contributed by atoms with E-state index in [1.165, 1.54) is 6.92 Å². The molecular weight excluding hydrogens is 213 g/mol. The monoisotopic (exact) mass is 224 g/mol. The molecule has 1 fully saturated rings. The third-order valence-electron chi connectivity index (χ3n) is 2.10. The summed E-state index contributed by atoms with van der Waals surface area (Å²) in [5, 5.41) is 0. The van der Waals surface area contributed by atoms with Gasteiger partial charge in [0.15, 0.2) is 6.10 Å². The Bertz CT molecular complexity index is 266. The molecule has 2 atom stereocenters. The van der Waals surface area contributed by atoms with Crippen molar-refractivity contribution in [3.63, 3.8) is 0 Å². The van der Waals surface area contributed by atoms with Gasteiger partial charge in [-0.15, -0.1) is 0 Å². The lowest BCUT2D eigenvalue weighted by atomic mass is 9.91. The number of alkyl halides is 3. The zero-order valence-electron chi connectivity index (χ0n) is 8.13. The molecule has 0 N–H and O–H groups in total. The van der Waals surface area contributed by atoms with Crippen molar-refractivity contribution in [2.24, 2.45) is 0 Å². The van der Waals surface area contributed by atoms with E-state index in [-0.39, 0.29) is 13.0 Å². The predicted molar refractivity (Wildman–Crippen MR) is 45.1 cm³/mol. The second kappa shape index (κ2) is 3.84. The SMILES string of the molecule is C=CC(=O)OCC1(C)CC(C(F)(F)F)O1. The van der Waals surface area contributed by atoms with Gasteiger partial charge in [0, 0.05) is 12.5 Å². The number of carbonyl (C=O) groups excluding carboxylic acids is 1. The van der Waals surface area contributed by atoms with Crippen LogP contribution in [0.3, 0.4) is 0 Å². The zero-order valence-corrected chi connectivity index (χ0v) is 8.13. The molecule has 0 aromatic heterocycles. The first-order chi connectivity index (χ1) is 6.77. The van der Waals surface area contributed by atoms with Crippen LogP contribution in [0.5, 0.6) is 0 Å². The van der Waals surface area contributed by atoms with E-state index in [0.717, 1.165) is 6.08 Å². The standard InChI is InChI=1S/C9H11F3O3/c1-3-7(13)14-5-8(2)4-6(15-8)9(10,11)12/h3,6H,1,4-5H2,2H3. The second-order valence-electron chi connectivity index (χ2n) is 3.61. The maximum atomic E-state index is 12.1. The lowest BCUT2D eigenvalue weighted by molar-refractivity contribution is -0.324. The van der Waals surface area contributed by atoms with Crippen LogP contribution in [0.4, 0.5) is 13.2 Å². The average Bonchev–Trinajstić information content (AvgIpc) is 2.08. The summed E-state index contributed by atoms with van der Waals surface area (Å²) in [7, 11) is 0. The van der Waals surface area contributed by atoms with Gasteiger partial charge in [0.25, 0.3) is 0 Å². The molecule has 1 aliphatic heterocycles. The third kappa shape index (κ3) is 2.95. The van der Waals surface area contributed by atoms with Crippen LogP contribution in [0.1, 0.15) is 13.3 Å². The van der Waals surface area contributed by atoms with Crippen molar-refractivity contribution in [1.29, 1.82) is 0 Å². The molecule has 1 saturated heterocycles. The Hall–Kier alpha value is -1.04. The maximum Gasteiger partial charge on any atom is 0.414 e. The summed E-state index contributed by atoms with van der Waals surface area (Å²) in [4.78, 5) is 10.7. The minimum atomic E-state index is -4.35. The minimum absolute atomic E-state index is 0.190. The normalized spacial score (nSPS) is 30.5. The van der Waals surface area contributed by atoms with Crippen LogP contribution in [0.25, 0.3) is 0 Å². The molecule has 0 saturated carbocycles. The molecule has 1 heterocycles. The first-order valence-corrected chi connectivity index (χ1v) is 4.30. The molecule has 86 valence electrons. The first-order valence-electron chi connectivity index (χ1n) is 4.30. The Balaban J connectivity index is 2.34. The molecule has 0 aromatic carbocycles. The Morgan fingerprint density at radius 2 is 2.27 bits per heavy atom. The van der Waals surface area contributed by atoms with Gasteiger partial charge < -0.3 is 9.47 Å². The van der Waals surface area contributed by atoms with Crippen molar-refractivity contribution in [3.8, 4) is 0 Å². The molecular formula is C9H11F3O3. The molecule has 1 rings (SSSR count). The maximum absolute atomic E-state index is 12.1. The topological polar surface area (TPSA) is 35.5 Å². The molecule has 15 heavy (non-hydrogen) atoms. The van der Waals surface area contributed by atoms with Crippen LogP contribution in [0, 0.1) is 0 Å². The van der Waals surface area contributed by atoms with Crippen LogP contribution < -0.4 is 0 Å². The van der Waals surface area contributed by atoms with Gasteiger partial charge in [0.1, 0.15) is 12.2 Å². The van der Waals surface area contributed by atoms with E-state index < -0.39 is 23.9 Å². The summed E-state index contributed by atoms with van der Waals surface area (Å²) in [5.41, 5.74) is -1.03. The highest BCUT2D eigenvalue weighted by atomic mass is 19.4. The van der Waals surface area contributed by atoms with E-state index in [2.05, 4.69) is 16.1 Å². The lowest BCUT2D eigenvalue weighted by Gasteiger charge is -2.45. The molecule has 3 nitrogen and oxygen atoms in total. The van der Waals surface area contributed by atoms with Crippen molar-refractivity contribution in [1.82, 2.24) is 0 Å². The molecule has 0 aromatic rings. The highest BCUT2D eigenvalue weighted by Crippen LogP contribution is 2.41. The fourth-order valence-corrected chi connectivity index (χ4v) is 1.28. The lowest BCUT2D eigenvalue weighted by Crippen LogP contribution is -2.57. The molecule has 2 unspecified atom stereocenters. The summed E-state index contributed by atoms with van der Waals surface area (Å²) in [6.07, 6.45) is -5.34. The summed E-state index contributed by atoms with van der Waals surface area (Å²) in [6.45, 7) is 4.44. The Kier molecular flexibility index (Phi) is 3.08. The second-order valence-corrected chi connectivity index (χ2v) is 3.61. The number of carbonyl (C=O) groups is 1. The fourth-order valence-electron chi connectivity index (χ4n) is 1.28. The summed E-state index contributed by atoms with van der Waals surface area (Å²) in [6, 6.07) is 0. The zero-order chi connectivity index (χ0) is 11.7. The van der Waals surface area contributed by atoms with Crippen molar-refractivity contribution >= 4 is 5.97 Å². The largest absolute Gasteiger partial charge is 0.459 e. The summed E-state index contributed by atoms with van der Waals surface area (Å²) < 4.78 is 45.4.